The molecule has 5 heteroatoms. The maximum atomic E-state index is 9.50. The van der Waals surface area contributed by atoms with Crippen molar-refractivity contribution in [3.05, 3.63) is 33.8 Å². The van der Waals surface area contributed by atoms with Crippen LogP contribution in [-0.2, 0) is 5.41 Å². The summed E-state index contributed by atoms with van der Waals surface area (Å²) in [6.45, 7) is 1.88. The maximum absolute atomic E-state index is 9.50. The molecule has 98 valence electrons. The molecule has 1 aromatic rings. The molecule has 1 fully saturated rings. The zero-order chi connectivity index (χ0) is 12.5. The largest absolute Gasteiger partial charge is 1.00 e. The molecule has 0 amide bonds. The lowest BCUT2D eigenvalue weighted by molar-refractivity contribution is -0.00000360. The van der Waals surface area contributed by atoms with Gasteiger partial charge in [0, 0.05) is 0 Å². The first kappa shape index (κ1) is 15.6. The topological polar surface area (TPSA) is 27.0 Å². The molecule has 0 radical (unpaired) electrons. The van der Waals surface area contributed by atoms with E-state index in [1.807, 2.05) is 12.1 Å². The Morgan fingerprint density at radius 1 is 1.22 bits per heavy atom. The van der Waals surface area contributed by atoms with Crippen molar-refractivity contribution in [2.45, 2.75) is 18.3 Å². The molecule has 18 heavy (non-hydrogen) atoms. The van der Waals surface area contributed by atoms with Crippen molar-refractivity contribution in [2.24, 2.45) is 0 Å². The first-order valence-corrected chi connectivity index (χ1v) is 6.38. The second-order valence-corrected chi connectivity index (χ2v) is 5.44. The van der Waals surface area contributed by atoms with Crippen molar-refractivity contribution in [1.29, 1.82) is 5.26 Å². The molecule has 1 saturated heterocycles. The van der Waals surface area contributed by atoms with E-state index in [9.17, 15) is 5.26 Å². The van der Waals surface area contributed by atoms with E-state index in [-0.39, 0.29) is 12.4 Å². The number of benzene rings is 1. The third-order valence-corrected chi connectivity index (χ3v) is 4.27. The Morgan fingerprint density at radius 2 is 1.83 bits per heavy atom. The summed E-state index contributed by atoms with van der Waals surface area (Å²) < 4.78 is 0. The maximum Gasteiger partial charge on any atom is 0.0847 e. The van der Waals surface area contributed by atoms with Gasteiger partial charge in [0.15, 0.2) is 0 Å². The van der Waals surface area contributed by atoms with E-state index in [1.54, 1.807) is 6.07 Å². The highest BCUT2D eigenvalue weighted by atomic mass is 35.5. The lowest BCUT2D eigenvalue weighted by Gasteiger charge is -2.35. The molecule has 2 rings (SSSR count). The fraction of sp³-hybridized carbons (Fsp3) is 0.462. The first-order valence-electron chi connectivity index (χ1n) is 5.63. The number of halogens is 3. The number of nitrogens with zero attached hydrogens (tertiary/aromatic N) is 2. The van der Waals surface area contributed by atoms with Gasteiger partial charge in [0.05, 0.1) is 21.5 Å². The summed E-state index contributed by atoms with van der Waals surface area (Å²) in [5.41, 5.74) is 0.586. The third-order valence-electron chi connectivity index (χ3n) is 3.53. The van der Waals surface area contributed by atoms with E-state index in [4.69, 9.17) is 23.2 Å². The Balaban J connectivity index is 0.00000162. The average molecular weight is 305 g/mol. The van der Waals surface area contributed by atoms with Gasteiger partial charge in [-0.25, -0.2) is 0 Å². The third kappa shape index (κ3) is 2.92. The second kappa shape index (κ2) is 6.12. The number of likely N-dealkylation sites (tertiary alicyclic amines) is 1. The number of piperidine rings is 1. The Kier molecular flexibility index (Phi) is 5.31. The van der Waals surface area contributed by atoms with Crippen LogP contribution in [0, 0.1) is 11.3 Å². The van der Waals surface area contributed by atoms with Crippen LogP contribution in [0.15, 0.2) is 18.2 Å². The second-order valence-electron chi connectivity index (χ2n) is 4.63. The van der Waals surface area contributed by atoms with Crippen LogP contribution in [0.4, 0.5) is 0 Å². The smallest absolute Gasteiger partial charge is 0.0847 e. The highest BCUT2D eigenvalue weighted by molar-refractivity contribution is 6.42. The summed E-state index contributed by atoms with van der Waals surface area (Å²) in [7, 11) is 2.08. The van der Waals surface area contributed by atoms with Crippen LogP contribution in [0.5, 0.6) is 0 Å². The van der Waals surface area contributed by atoms with Gasteiger partial charge in [-0.2, -0.15) is 5.26 Å². The Morgan fingerprint density at radius 3 is 2.33 bits per heavy atom. The zero-order valence-corrected chi connectivity index (χ0v) is 12.4. The molecule has 1 aliphatic rings. The molecule has 0 atom stereocenters. The van der Waals surface area contributed by atoms with Crippen LogP contribution in [0.25, 0.3) is 0 Å². The fourth-order valence-electron chi connectivity index (χ4n) is 2.26. The summed E-state index contributed by atoms with van der Waals surface area (Å²) in [4.78, 5) is 2.24. The lowest BCUT2D eigenvalue weighted by Crippen LogP contribution is -3.00. The Labute approximate surface area is 124 Å². The van der Waals surface area contributed by atoms with E-state index < -0.39 is 5.41 Å². The highest BCUT2D eigenvalue weighted by Crippen LogP contribution is 2.37. The van der Waals surface area contributed by atoms with Crippen molar-refractivity contribution in [3.8, 4) is 6.07 Å². The van der Waals surface area contributed by atoms with Gasteiger partial charge in [-0.15, -0.1) is 0 Å². The molecule has 0 spiro atoms. The van der Waals surface area contributed by atoms with E-state index in [0.29, 0.717) is 10.0 Å². The summed E-state index contributed by atoms with van der Waals surface area (Å²) in [6, 6.07) is 8.00. The molecule has 1 aromatic carbocycles. The fourth-order valence-corrected chi connectivity index (χ4v) is 2.56. The molecule has 0 aromatic heterocycles. The molecular formula is C13H14Cl3N2-. The van der Waals surface area contributed by atoms with Crippen molar-refractivity contribution >= 4 is 23.2 Å². The zero-order valence-electron chi connectivity index (χ0n) is 10.1. The van der Waals surface area contributed by atoms with Crippen molar-refractivity contribution in [2.75, 3.05) is 20.1 Å². The summed E-state index contributed by atoms with van der Waals surface area (Å²) >= 11 is 11.9. The van der Waals surface area contributed by atoms with Gasteiger partial charge >= 0.3 is 0 Å². The molecule has 1 aliphatic heterocycles. The standard InChI is InChI=1S/C13H14Cl2N2.ClH/c1-17-6-4-13(9-16,5-7-17)10-2-3-11(14)12(15)8-10;/h2-3,8H,4-7H2,1H3;1H/p-1. The van der Waals surface area contributed by atoms with Gasteiger partial charge in [0.25, 0.3) is 0 Å². The molecule has 0 bridgehead atoms. The van der Waals surface area contributed by atoms with Crippen molar-refractivity contribution in [1.82, 2.24) is 4.90 Å². The number of hydrogen-bond acceptors (Lipinski definition) is 2. The number of nitriles is 1. The summed E-state index contributed by atoms with van der Waals surface area (Å²) in [5.74, 6) is 0. The predicted molar refractivity (Wildman–Crippen MR) is 70.5 cm³/mol. The molecule has 0 aliphatic carbocycles. The van der Waals surface area contributed by atoms with Crippen LogP contribution >= 0.6 is 23.2 Å². The van der Waals surface area contributed by atoms with E-state index in [0.717, 1.165) is 31.5 Å². The van der Waals surface area contributed by atoms with Gasteiger partial charge < -0.3 is 17.3 Å². The highest BCUT2D eigenvalue weighted by Gasteiger charge is 2.35. The van der Waals surface area contributed by atoms with Crippen LogP contribution < -0.4 is 12.4 Å². The monoisotopic (exact) mass is 303 g/mol. The summed E-state index contributed by atoms with van der Waals surface area (Å²) in [6.07, 6.45) is 1.69. The molecule has 2 nitrogen and oxygen atoms in total. The molecule has 0 saturated carbocycles. The summed E-state index contributed by atoms with van der Waals surface area (Å²) in [5, 5.41) is 10.6. The first-order chi connectivity index (χ1) is 8.07. The Hall–Kier alpha value is -0.460. The SMILES string of the molecule is CN1CCC(C#N)(c2ccc(Cl)c(Cl)c2)CC1.[Cl-]. The Bertz CT molecular complexity index is 460. The average Bonchev–Trinajstić information content (AvgIpc) is 2.34. The van der Waals surface area contributed by atoms with Gasteiger partial charge in [0.2, 0.25) is 0 Å². The minimum absolute atomic E-state index is 0. The van der Waals surface area contributed by atoms with Crippen LogP contribution in [0.1, 0.15) is 18.4 Å². The quantitative estimate of drug-likeness (QED) is 0.755. The molecular weight excluding hydrogens is 291 g/mol. The normalized spacial score (nSPS) is 18.8. The molecule has 0 unspecified atom stereocenters. The van der Waals surface area contributed by atoms with Crippen molar-refractivity contribution in [3.63, 3.8) is 0 Å². The van der Waals surface area contributed by atoms with Crippen LogP contribution in [-0.4, -0.2) is 25.0 Å². The van der Waals surface area contributed by atoms with Gasteiger partial charge in [0.1, 0.15) is 0 Å². The van der Waals surface area contributed by atoms with E-state index in [1.165, 1.54) is 0 Å². The lowest BCUT2D eigenvalue weighted by atomic mass is 9.74. The van der Waals surface area contributed by atoms with Gasteiger partial charge in [-0.1, -0.05) is 29.3 Å². The van der Waals surface area contributed by atoms with Crippen LogP contribution in [0.2, 0.25) is 10.0 Å². The molecule has 0 N–H and O–H groups in total. The number of hydrogen-bond donors (Lipinski definition) is 0. The minimum Gasteiger partial charge on any atom is -1.00 e. The predicted octanol–water partition coefficient (Wildman–Crippen LogP) is 0.484. The minimum atomic E-state index is -0.402. The van der Waals surface area contributed by atoms with Crippen LogP contribution in [0.3, 0.4) is 0 Å². The van der Waals surface area contributed by atoms with Crippen molar-refractivity contribution < 1.29 is 12.4 Å². The number of rotatable bonds is 1. The van der Waals surface area contributed by atoms with Gasteiger partial charge in [-0.3, -0.25) is 0 Å². The van der Waals surface area contributed by atoms with Gasteiger partial charge in [-0.05, 0) is 50.7 Å². The van der Waals surface area contributed by atoms with E-state index in [2.05, 4.69) is 18.0 Å². The van der Waals surface area contributed by atoms with E-state index >= 15 is 0 Å². The molecule has 1 heterocycles.